The number of ketones is 1. The zero-order chi connectivity index (χ0) is 27.5. The number of phenolic OH excluding ortho intramolecular Hbond substituents is 1. The van der Waals surface area contributed by atoms with Crippen LogP contribution < -0.4 is 9.47 Å². The Morgan fingerprint density at radius 1 is 1.10 bits per heavy atom. The smallest absolute Gasteiger partial charge is 0.193 e. The number of carbonyl (C=O) groups excluding carboxylic acids is 1. The second-order valence-corrected chi connectivity index (χ2v) is 10.0. The van der Waals surface area contributed by atoms with Crippen molar-refractivity contribution in [2.75, 3.05) is 7.11 Å². The van der Waals surface area contributed by atoms with E-state index in [4.69, 9.17) is 14.6 Å². The van der Waals surface area contributed by atoms with E-state index in [0.717, 1.165) is 11.3 Å². The summed E-state index contributed by atoms with van der Waals surface area (Å²) in [7, 11) is 1.50. The third kappa shape index (κ3) is 3.54. The van der Waals surface area contributed by atoms with Crippen LogP contribution in [0, 0.1) is 13.8 Å². The highest BCUT2D eigenvalue weighted by molar-refractivity contribution is 6.12. The fourth-order valence-corrected chi connectivity index (χ4v) is 5.70. The molecule has 4 aromatic rings. The molecule has 0 fully saturated rings. The lowest BCUT2D eigenvalue weighted by atomic mass is 9.70. The van der Waals surface area contributed by atoms with Gasteiger partial charge in [-0.15, -0.1) is 0 Å². The molecule has 1 aromatic heterocycles. The maximum Gasteiger partial charge on any atom is 0.193 e. The van der Waals surface area contributed by atoms with Gasteiger partial charge >= 0.3 is 0 Å². The standard InChI is InChI=1S/C32H28N2O5/c1-18-28(36)26(23(35)16-15-20-11-7-5-8-12-20)30-27(29(18)38-4)32(3)24(39-30)17-22-25(31(32)37)19(2)33-34(22)21-13-9-6-10-14-21/h5-17,31,36-37H,1-4H3/b16-15+/t31-,32+/m1/s1. The normalized spacial score (nSPS) is 19.2. The molecule has 39 heavy (non-hydrogen) atoms. The number of ether oxygens (including phenoxy) is 2. The van der Waals surface area contributed by atoms with Gasteiger partial charge in [0.05, 0.1) is 41.3 Å². The first-order chi connectivity index (χ1) is 18.8. The van der Waals surface area contributed by atoms with Gasteiger partial charge in [0.2, 0.25) is 0 Å². The monoisotopic (exact) mass is 520 g/mol. The molecule has 3 aromatic carbocycles. The van der Waals surface area contributed by atoms with Gasteiger partial charge in [0.1, 0.15) is 28.6 Å². The van der Waals surface area contributed by atoms with Crippen LogP contribution in [0.5, 0.6) is 17.2 Å². The van der Waals surface area contributed by atoms with Crippen LogP contribution in [0.1, 0.15) is 57.0 Å². The average Bonchev–Trinajstić information content (AvgIpc) is 3.44. The number of aromatic nitrogens is 2. The van der Waals surface area contributed by atoms with Crippen molar-refractivity contribution in [1.82, 2.24) is 9.78 Å². The number of carbonyl (C=O) groups is 1. The molecule has 2 atom stereocenters. The number of aromatic hydroxyl groups is 1. The van der Waals surface area contributed by atoms with Crippen molar-refractivity contribution < 1.29 is 24.5 Å². The average molecular weight is 521 g/mol. The number of allylic oxidation sites excluding steroid dienone is 1. The number of benzene rings is 3. The summed E-state index contributed by atoms with van der Waals surface area (Å²) in [5.74, 6) is 0.369. The van der Waals surface area contributed by atoms with Crippen molar-refractivity contribution in [3.05, 3.63) is 112 Å². The summed E-state index contributed by atoms with van der Waals surface area (Å²) in [5.41, 5.74) is 3.62. The molecule has 2 heterocycles. The van der Waals surface area contributed by atoms with Crippen molar-refractivity contribution in [2.24, 2.45) is 0 Å². The summed E-state index contributed by atoms with van der Waals surface area (Å²) < 4.78 is 13.9. The van der Waals surface area contributed by atoms with Gasteiger partial charge in [0, 0.05) is 17.2 Å². The van der Waals surface area contributed by atoms with Crippen molar-refractivity contribution in [3.63, 3.8) is 0 Å². The van der Waals surface area contributed by atoms with Gasteiger partial charge < -0.3 is 19.7 Å². The Labute approximate surface area is 226 Å². The number of fused-ring (bicyclic) bond motifs is 4. The maximum absolute atomic E-state index is 13.5. The molecule has 1 aliphatic carbocycles. The van der Waals surface area contributed by atoms with Crippen molar-refractivity contribution in [2.45, 2.75) is 32.3 Å². The number of phenols is 1. The van der Waals surface area contributed by atoms with E-state index in [1.807, 2.05) is 80.6 Å². The molecule has 0 saturated carbocycles. The highest BCUT2D eigenvalue weighted by atomic mass is 16.5. The molecule has 0 bridgehead atoms. The van der Waals surface area contributed by atoms with Crippen LogP contribution in [0.2, 0.25) is 0 Å². The molecule has 0 spiro atoms. The van der Waals surface area contributed by atoms with Gasteiger partial charge in [-0.2, -0.15) is 5.10 Å². The number of para-hydroxylation sites is 1. The first kappa shape index (κ1) is 24.7. The van der Waals surface area contributed by atoms with E-state index in [9.17, 15) is 15.0 Å². The Hall–Kier alpha value is -4.62. The molecule has 2 aliphatic rings. The number of nitrogens with zero attached hydrogens (tertiary/aromatic N) is 2. The first-order valence-electron chi connectivity index (χ1n) is 12.7. The number of methoxy groups -OCH3 is 1. The molecule has 196 valence electrons. The van der Waals surface area contributed by atoms with Gasteiger partial charge in [-0.05, 0) is 44.5 Å². The zero-order valence-electron chi connectivity index (χ0n) is 22.1. The molecule has 2 N–H and O–H groups in total. The number of rotatable bonds is 5. The Morgan fingerprint density at radius 3 is 2.44 bits per heavy atom. The number of aliphatic hydroxyl groups excluding tert-OH is 1. The number of hydrogen-bond donors (Lipinski definition) is 2. The third-order valence-electron chi connectivity index (χ3n) is 7.77. The Kier molecular flexibility index (Phi) is 5.70. The van der Waals surface area contributed by atoms with E-state index >= 15 is 0 Å². The molecule has 0 radical (unpaired) electrons. The number of hydrogen-bond acceptors (Lipinski definition) is 6. The van der Waals surface area contributed by atoms with E-state index < -0.39 is 17.3 Å². The molecule has 7 heteroatoms. The minimum Gasteiger partial charge on any atom is -0.507 e. The van der Waals surface area contributed by atoms with E-state index in [1.165, 1.54) is 13.2 Å². The zero-order valence-corrected chi connectivity index (χ0v) is 22.1. The molecular weight excluding hydrogens is 492 g/mol. The van der Waals surface area contributed by atoms with Gasteiger partial charge in [-0.1, -0.05) is 54.6 Å². The lowest BCUT2D eigenvalue weighted by Gasteiger charge is -2.34. The van der Waals surface area contributed by atoms with E-state index in [0.29, 0.717) is 39.6 Å². The quantitative estimate of drug-likeness (QED) is 0.254. The summed E-state index contributed by atoms with van der Waals surface area (Å²) in [6.45, 7) is 5.42. The SMILES string of the molecule is COc1c(C)c(O)c(C(=O)/C=C/c2ccccc2)c2c1[C@]1(C)C(=Cc3c(c(C)nn3-c3ccccc3)[C@H]1O)O2. The van der Waals surface area contributed by atoms with Crippen LogP contribution in [0.4, 0.5) is 0 Å². The lowest BCUT2D eigenvalue weighted by molar-refractivity contribution is 0.0966. The van der Waals surface area contributed by atoms with E-state index in [2.05, 4.69) is 0 Å². The topological polar surface area (TPSA) is 93.8 Å². The Morgan fingerprint density at radius 2 is 1.77 bits per heavy atom. The number of aliphatic hydroxyl groups is 1. The van der Waals surface area contributed by atoms with Gasteiger partial charge in [-0.3, -0.25) is 4.79 Å². The molecule has 6 rings (SSSR count). The van der Waals surface area contributed by atoms with Crippen molar-refractivity contribution in [3.8, 4) is 22.9 Å². The predicted molar refractivity (Wildman–Crippen MR) is 148 cm³/mol. The van der Waals surface area contributed by atoms with Crippen LogP contribution in [0.3, 0.4) is 0 Å². The second-order valence-electron chi connectivity index (χ2n) is 10.0. The van der Waals surface area contributed by atoms with Crippen LogP contribution in [0.25, 0.3) is 17.8 Å². The van der Waals surface area contributed by atoms with Crippen LogP contribution in [-0.4, -0.2) is 32.9 Å². The van der Waals surface area contributed by atoms with Crippen molar-refractivity contribution >= 4 is 17.9 Å². The van der Waals surface area contributed by atoms with Gasteiger partial charge in [-0.25, -0.2) is 4.68 Å². The highest BCUT2D eigenvalue weighted by Gasteiger charge is 2.55. The lowest BCUT2D eigenvalue weighted by Crippen LogP contribution is -2.34. The third-order valence-corrected chi connectivity index (χ3v) is 7.77. The first-order valence-corrected chi connectivity index (χ1v) is 12.7. The van der Waals surface area contributed by atoms with Gasteiger partial charge in [0.25, 0.3) is 0 Å². The van der Waals surface area contributed by atoms with E-state index in [-0.39, 0.29) is 17.1 Å². The molecule has 0 saturated heterocycles. The fraction of sp³-hybridized carbons (Fsp3) is 0.188. The summed E-state index contributed by atoms with van der Waals surface area (Å²) >= 11 is 0. The minimum atomic E-state index is -1.08. The van der Waals surface area contributed by atoms with Crippen LogP contribution in [-0.2, 0) is 5.41 Å². The Bertz CT molecular complexity index is 1690. The predicted octanol–water partition coefficient (Wildman–Crippen LogP) is 5.84. The summed E-state index contributed by atoms with van der Waals surface area (Å²) in [6.07, 6.45) is 3.92. The number of aryl methyl sites for hydroxylation is 1. The van der Waals surface area contributed by atoms with Crippen molar-refractivity contribution in [1.29, 1.82) is 0 Å². The molecule has 0 amide bonds. The molecular formula is C32H28N2O5. The highest BCUT2D eigenvalue weighted by Crippen LogP contribution is 2.62. The maximum atomic E-state index is 13.5. The van der Waals surface area contributed by atoms with E-state index in [1.54, 1.807) is 17.7 Å². The fourth-order valence-electron chi connectivity index (χ4n) is 5.70. The summed E-state index contributed by atoms with van der Waals surface area (Å²) in [6, 6.07) is 19.1. The van der Waals surface area contributed by atoms with Crippen LogP contribution >= 0.6 is 0 Å². The molecule has 0 unspecified atom stereocenters. The van der Waals surface area contributed by atoms with Gasteiger partial charge in [0.15, 0.2) is 5.78 Å². The largest absolute Gasteiger partial charge is 0.507 e. The summed E-state index contributed by atoms with van der Waals surface area (Å²) in [4.78, 5) is 13.5. The molecule has 7 nitrogen and oxygen atoms in total. The summed E-state index contributed by atoms with van der Waals surface area (Å²) in [5, 5.41) is 27.9. The second kappa shape index (κ2) is 8.99. The minimum absolute atomic E-state index is 0.0321. The van der Waals surface area contributed by atoms with Crippen LogP contribution in [0.15, 0.2) is 72.5 Å². The molecule has 1 aliphatic heterocycles. The Balaban J connectivity index is 1.55.